The number of hydrogen-bond acceptors (Lipinski definition) is 1. The lowest BCUT2D eigenvalue weighted by Gasteiger charge is -2.24. The van der Waals surface area contributed by atoms with Gasteiger partial charge in [-0.2, -0.15) is 0 Å². The van der Waals surface area contributed by atoms with Crippen molar-refractivity contribution in [2.75, 3.05) is 0 Å². The van der Waals surface area contributed by atoms with E-state index in [4.69, 9.17) is 11.0 Å². The van der Waals surface area contributed by atoms with Crippen LogP contribution in [0.15, 0.2) is 77.3 Å². The smallest absolute Gasteiger partial charge is 0.222 e. The number of nitrogens with zero attached hydrogens (tertiary/aromatic N) is 2. The van der Waals surface area contributed by atoms with E-state index >= 15 is 0 Å². The molecular weight excluding hydrogens is 452 g/mol. The molecule has 6 aromatic rings. The Morgan fingerprint density at radius 3 is 2.41 bits per heavy atom. The molecule has 0 saturated carbocycles. The molecule has 0 saturated heterocycles. The Kier molecular flexibility index (Phi) is 4.31. The van der Waals surface area contributed by atoms with Crippen molar-refractivity contribution in [2.45, 2.75) is 33.1 Å². The largest absolute Gasteiger partial charge is 0.455 e. The molecule has 7 rings (SSSR count). The fraction of sp³-hybridized carbons (Fsp3) is 0.176. The van der Waals surface area contributed by atoms with E-state index in [1.54, 1.807) is 0 Å². The fourth-order valence-corrected chi connectivity index (χ4v) is 6.58. The van der Waals surface area contributed by atoms with E-state index in [1.165, 1.54) is 33.2 Å². The summed E-state index contributed by atoms with van der Waals surface area (Å²) in [5.41, 5.74) is 11.7. The van der Waals surface area contributed by atoms with Gasteiger partial charge in [0, 0.05) is 27.6 Å². The second-order valence-electron chi connectivity index (χ2n) is 10.8. The highest BCUT2D eigenvalue weighted by Crippen LogP contribution is 2.55. The number of fused-ring (bicyclic) bond motifs is 8. The van der Waals surface area contributed by atoms with Crippen molar-refractivity contribution in [3.63, 3.8) is 0 Å². The van der Waals surface area contributed by atoms with Crippen LogP contribution in [0.25, 0.3) is 59.9 Å². The molecule has 0 amide bonds. The molecule has 1 aliphatic carbocycles. The Balaban J connectivity index is 1.68. The normalized spacial score (nSPS) is 13.7. The number of rotatable bonds is 1. The van der Waals surface area contributed by atoms with Crippen LogP contribution in [0, 0.1) is 20.4 Å². The molecule has 0 spiro atoms. The molecule has 3 heteroatoms. The van der Waals surface area contributed by atoms with Crippen LogP contribution in [0.3, 0.4) is 0 Å². The van der Waals surface area contributed by atoms with E-state index < -0.39 is 0 Å². The van der Waals surface area contributed by atoms with E-state index in [-0.39, 0.29) is 5.41 Å². The Morgan fingerprint density at radius 1 is 0.838 bits per heavy atom. The molecule has 4 aromatic carbocycles. The van der Waals surface area contributed by atoms with Gasteiger partial charge in [-0.15, -0.1) is 0 Å². The Morgan fingerprint density at radius 2 is 1.59 bits per heavy atom. The lowest BCUT2D eigenvalue weighted by molar-refractivity contribution is -0.659. The first-order valence-corrected chi connectivity index (χ1v) is 12.7. The van der Waals surface area contributed by atoms with Crippen LogP contribution in [0.2, 0.25) is 0 Å². The summed E-state index contributed by atoms with van der Waals surface area (Å²) in [5.74, 6) is 0. The van der Waals surface area contributed by atoms with Gasteiger partial charge in [-0.05, 0) is 70.8 Å². The predicted octanol–water partition coefficient (Wildman–Crippen LogP) is 8.70. The van der Waals surface area contributed by atoms with E-state index in [2.05, 4.69) is 105 Å². The van der Waals surface area contributed by atoms with Gasteiger partial charge in [0.2, 0.25) is 5.69 Å². The van der Waals surface area contributed by atoms with E-state index in [9.17, 15) is 0 Å². The van der Waals surface area contributed by atoms with Crippen molar-refractivity contribution in [2.24, 2.45) is 7.05 Å². The van der Waals surface area contributed by atoms with Gasteiger partial charge in [0.05, 0.1) is 12.1 Å². The van der Waals surface area contributed by atoms with E-state index in [1.807, 2.05) is 12.1 Å². The molecule has 0 unspecified atom stereocenters. The second-order valence-corrected chi connectivity index (χ2v) is 10.8. The molecule has 0 bridgehead atoms. The lowest BCUT2D eigenvalue weighted by Crippen LogP contribution is -2.31. The molecule has 2 aromatic heterocycles. The van der Waals surface area contributed by atoms with Gasteiger partial charge in [0.25, 0.3) is 0 Å². The number of pyridine rings is 1. The SMILES string of the molecule is [C-]#[N+]c1cc2c(-c3c(C)c(C)cc4c3oc3ccccc34)[n+](C)ccc2c2c1-c1ccccc1C2(C)C. The molecule has 37 heavy (non-hydrogen) atoms. The van der Waals surface area contributed by atoms with Crippen LogP contribution in [0.5, 0.6) is 0 Å². The van der Waals surface area contributed by atoms with Crippen molar-refractivity contribution in [3.05, 3.63) is 107 Å². The van der Waals surface area contributed by atoms with Crippen LogP contribution in [-0.4, -0.2) is 0 Å². The summed E-state index contributed by atoms with van der Waals surface area (Å²) in [4.78, 5) is 4.08. The zero-order valence-electron chi connectivity index (χ0n) is 21.7. The van der Waals surface area contributed by atoms with E-state index in [0.717, 1.165) is 44.1 Å². The number of aromatic nitrogens is 1. The highest BCUT2D eigenvalue weighted by atomic mass is 16.3. The van der Waals surface area contributed by atoms with Crippen LogP contribution < -0.4 is 4.57 Å². The van der Waals surface area contributed by atoms with Crippen LogP contribution in [-0.2, 0) is 12.5 Å². The monoisotopic (exact) mass is 479 g/mol. The summed E-state index contributed by atoms with van der Waals surface area (Å²) < 4.78 is 8.73. The van der Waals surface area contributed by atoms with Crippen molar-refractivity contribution in [1.82, 2.24) is 0 Å². The summed E-state index contributed by atoms with van der Waals surface area (Å²) in [6.07, 6.45) is 2.16. The first-order valence-electron chi connectivity index (χ1n) is 12.7. The van der Waals surface area contributed by atoms with E-state index in [0.29, 0.717) is 5.69 Å². The molecule has 0 atom stereocenters. The zero-order valence-corrected chi connectivity index (χ0v) is 21.7. The van der Waals surface area contributed by atoms with Gasteiger partial charge >= 0.3 is 0 Å². The van der Waals surface area contributed by atoms with Crippen LogP contribution in [0.4, 0.5) is 5.69 Å². The van der Waals surface area contributed by atoms with Crippen LogP contribution >= 0.6 is 0 Å². The minimum atomic E-state index is -0.210. The second kappa shape index (κ2) is 7.31. The number of para-hydroxylation sites is 1. The van der Waals surface area contributed by atoms with Gasteiger partial charge in [-0.25, -0.2) is 9.41 Å². The Bertz CT molecular complexity index is 2000. The van der Waals surface area contributed by atoms with Gasteiger partial charge in [0.15, 0.2) is 11.9 Å². The van der Waals surface area contributed by atoms with Crippen molar-refractivity contribution in [1.29, 1.82) is 0 Å². The summed E-state index contributed by atoms with van der Waals surface area (Å²) >= 11 is 0. The topological polar surface area (TPSA) is 21.4 Å². The van der Waals surface area contributed by atoms with Gasteiger partial charge in [-0.1, -0.05) is 56.3 Å². The first kappa shape index (κ1) is 21.8. The van der Waals surface area contributed by atoms with Gasteiger partial charge in [-0.3, -0.25) is 0 Å². The third kappa shape index (κ3) is 2.73. The molecule has 0 N–H and O–H groups in total. The minimum Gasteiger partial charge on any atom is -0.455 e. The third-order valence-corrected chi connectivity index (χ3v) is 8.46. The summed E-state index contributed by atoms with van der Waals surface area (Å²) in [6, 6.07) is 23.4. The summed E-state index contributed by atoms with van der Waals surface area (Å²) in [7, 11) is 2.09. The predicted molar refractivity (Wildman–Crippen MR) is 151 cm³/mol. The average Bonchev–Trinajstić information content (AvgIpc) is 3.38. The zero-order chi connectivity index (χ0) is 25.6. The van der Waals surface area contributed by atoms with Crippen molar-refractivity contribution in [3.8, 4) is 22.4 Å². The minimum absolute atomic E-state index is 0.210. The van der Waals surface area contributed by atoms with Gasteiger partial charge in [0.1, 0.15) is 18.2 Å². The maximum absolute atomic E-state index is 8.17. The summed E-state index contributed by atoms with van der Waals surface area (Å²) in [6.45, 7) is 17.1. The first-order chi connectivity index (χ1) is 17.8. The Labute approximate surface area is 216 Å². The Hall–Kier alpha value is -4.42. The maximum Gasteiger partial charge on any atom is 0.222 e. The molecule has 0 radical (unpaired) electrons. The molecule has 3 nitrogen and oxygen atoms in total. The highest BCUT2D eigenvalue weighted by molar-refractivity contribution is 6.14. The number of furan rings is 1. The molecule has 2 heterocycles. The van der Waals surface area contributed by atoms with Crippen LogP contribution in [0.1, 0.15) is 36.1 Å². The quantitative estimate of drug-likeness (QED) is 0.171. The summed E-state index contributed by atoms with van der Waals surface area (Å²) in [5, 5.41) is 4.54. The molecule has 0 aliphatic heterocycles. The number of hydrogen-bond donors (Lipinski definition) is 0. The number of aryl methyl sites for hydroxylation is 2. The molecule has 1 aliphatic rings. The van der Waals surface area contributed by atoms with Crippen molar-refractivity contribution >= 4 is 38.4 Å². The third-order valence-electron chi connectivity index (χ3n) is 8.46. The fourth-order valence-electron chi connectivity index (χ4n) is 6.58. The molecule has 0 fully saturated rings. The maximum atomic E-state index is 8.17. The van der Waals surface area contributed by atoms with Crippen molar-refractivity contribution < 1.29 is 8.98 Å². The average molecular weight is 480 g/mol. The standard InChI is InChI=1S/C34H27N2O/c1-19-17-25-21-11-8-10-14-28(21)37-33(25)29(20(19)2)32-24-18-27(35-5)30-23-12-7-9-13-26(23)34(3,4)31(30)22(24)15-16-36(32)6/h7-18H,1-4,6H3/q+1. The lowest BCUT2D eigenvalue weighted by atomic mass is 9.79. The molecule has 178 valence electrons. The number of benzene rings is 4. The van der Waals surface area contributed by atoms with Gasteiger partial charge < -0.3 is 4.42 Å². The highest BCUT2D eigenvalue weighted by Gasteiger charge is 2.39. The molecular formula is C34H27N2O+.